The molecule has 0 saturated carbocycles. The third-order valence-corrected chi connectivity index (χ3v) is 6.10. The van der Waals surface area contributed by atoms with Crippen molar-refractivity contribution in [3.8, 4) is 0 Å². The first-order chi connectivity index (χ1) is 12.7. The topological polar surface area (TPSA) is 75.1 Å². The van der Waals surface area contributed by atoms with Gasteiger partial charge in [-0.2, -0.15) is 0 Å². The second-order valence-corrected chi connectivity index (χ2v) is 7.66. The van der Waals surface area contributed by atoms with Crippen LogP contribution in [0.4, 0.5) is 0 Å². The van der Waals surface area contributed by atoms with Gasteiger partial charge in [0.2, 0.25) is 0 Å². The van der Waals surface area contributed by atoms with E-state index in [1.807, 2.05) is 10.9 Å². The van der Waals surface area contributed by atoms with Crippen LogP contribution >= 0.6 is 0 Å². The van der Waals surface area contributed by atoms with Gasteiger partial charge in [0.15, 0.2) is 5.69 Å². The van der Waals surface area contributed by atoms with Crippen LogP contribution in [0.15, 0.2) is 6.20 Å². The molecule has 7 heteroatoms. The predicted octanol–water partition coefficient (Wildman–Crippen LogP) is 1.83. The number of amides is 1. The Bertz CT molecular complexity index is 556. The fraction of sp³-hybridized carbons (Fsp3) is 0.842. The lowest BCUT2D eigenvalue weighted by atomic mass is 9.93. The van der Waals surface area contributed by atoms with Gasteiger partial charge in [-0.3, -0.25) is 9.69 Å². The minimum absolute atomic E-state index is 0.0969. The molecule has 3 rings (SSSR count). The molecule has 0 aromatic carbocycles. The molecule has 7 nitrogen and oxygen atoms in total. The van der Waals surface area contributed by atoms with Crippen LogP contribution in [0.1, 0.15) is 68.9 Å². The molecule has 2 aliphatic rings. The van der Waals surface area contributed by atoms with Gasteiger partial charge in [-0.1, -0.05) is 31.9 Å². The van der Waals surface area contributed by atoms with Crippen LogP contribution in [0, 0.1) is 5.92 Å². The third-order valence-electron chi connectivity index (χ3n) is 6.10. The Morgan fingerprint density at radius 2 is 1.96 bits per heavy atom. The van der Waals surface area contributed by atoms with Crippen LogP contribution in [0.5, 0.6) is 0 Å². The first-order valence-corrected chi connectivity index (χ1v) is 10.4. The van der Waals surface area contributed by atoms with Gasteiger partial charge in [-0.05, 0) is 57.8 Å². The van der Waals surface area contributed by atoms with E-state index in [1.165, 1.54) is 12.8 Å². The molecule has 3 heterocycles. The Balaban J connectivity index is 1.58. The minimum Gasteiger partial charge on any atom is -0.349 e. The number of hydrogen-bond acceptors (Lipinski definition) is 5. The van der Waals surface area contributed by atoms with E-state index >= 15 is 0 Å². The van der Waals surface area contributed by atoms with Crippen LogP contribution in [0.25, 0.3) is 0 Å². The summed E-state index contributed by atoms with van der Waals surface area (Å²) in [4.78, 5) is 15.2. The zero-order valence-corrected chi connectivity index (χ0v) is 16.3. The van der Waals surface area contributed by atoms with Crippen LogP contribution in [0.3, 0.4) is 0 Å². The molecule has 0 radical (unpaired) electrons. The Labute approximate surface area is 156 Å². The summed E-state index contributed by atoms with van der Waals surface area (Å²) in [5.74, 6) is 0.527. The molecule has 1 atom stereocenters. The lowest BCUT2D eigenvalue weighted by molar-refractivity contribution is 0.0913. The van der Waals surface area contributed by atoms with Gasteiger partial charge >= 0.3 is 0 Å². The minimum atomic E-state index is -0.0969. The van der Waals surface area contributed by atoms with Crippen molar-refractivity contribution in [2.45, 2.75) is 64.5 Å². The summed E-state index contributed by atoms with van der Waals surface area (Å²) in [6.45, 7) is 9.52. The highest BCUT2D eigenvalue weighted by molar-refractivity contribution is 5.91. The smallest absolute Gasteiger partial charge is 0.273 e. The zero-order chi connectivity index (χ0) is 18.4. The summed E-state index contributed by atoms with van der Waals surface area (Å²) in [6, 6.07) is 0.781. The van der Waals surface area contributed by atoms with Crippen molar-refractivity contribution in [1.29, 1.82) is 0 Å². The maximum absolute atomic E-state index is 12.6. The number of carbonyl (C=O) groups excluding carboxylic acids is 1. The van der Waals surface area contributed by atoms with Crippen molar-refractivity contribution < 1.29 is 4.79 Å². The van der Waals surface area contributed by atoms with E-state index in [2.05, 4.69) is 39.7 Å². The number of nitrogens with one attached hydrogen (secondary N) is 2. The normalized spacial score (nSPS) is 20.6. The van der Waals surface area contributed by atoms with E-state index in [0.29, 0.717) is 30.2 Å². The molecule has 26 heavy (non-hydrogen) atoms. The fourth-order valence-corrected chi connectivity index (χ4v) is 4.42. The number of likely N-dealkylation sites (tertiary alicyclic amines) is 1. The fourth-order valence-electron chi connectivity index (χ4n) is 4.42. The van der Waals surface area contributed by atoms with E-state index in [0.717, 1.165) is 51.9 Å². The molecule has 2 aliphatic heterocycles. The second-order valence-electron chi connectivity index (χ2n) is 7.66. The molecule has 2 N–H and O–H groups in total. The van der Waals surface area contributed by atoms with Gasteiger partial charge < -0.3 is 10.6 Å². The summed E-state index contributed by atoms with van der Waals surface area (Å²) in [5, 5.41) is 14.8. The van der Waals surface area contributed by atoms with E-state index in [9.17, 15) is 4.79 Å². The van der Waals surface area contributed by atoms with E-state index in [4.69, 9.17) is 0 Å². The lowest BCUT2D eigenvalue weighted by Crippen LogP contribution is -2.46. The van der Waals surface area contributed by atoms with Crippen molar-refractivity contribution in [2.75, 3.05) is 32.7 Å². The summed E-state index contributed by atoms with van der Waals surface area (Å²) >= 11 is 0. The number of nitrogens with zero attached hydrogens (tertiary/aromatic N) is 4. The van der Waals surface area contributed by atoms with Gasteiger partial charge in [0, 0.05) is 12.6 Å². The maximum atomic E-state index is 12.6. The SMILES string of the molecule is CCC(CC)C(CNC(=O)c1cn(C2CCNCC2)nn1)N1CCCC1. The average Bonchev–Trinajstić information content (AvgIpc) is 3.37. The highest BCUT2D eigenvalue weighted by Crippen LogP contribution is 2.22. The maximum Gasteiger partial charge on any atom is 0.273 e. The van der Waals surface area contributed by atoms with Crippen molar-refractivity contribution in [3.05, 3.63) is 11.9 Å². The number of piperidine rings is 1. The van der Waals surface area contributed by atoms with Crippen molar-refractivity contribution >= 4 is 5.91 Å². The molecule has 2 fully saturated rings. The van der Waals surface area contributed by atoms with Crippen LogP contribution in [0.2, 0.25) is 0 Å². The molecule has 146 valence electrons. The molecular formula is C19H34N6O. The molecule has 1 unspecified atom stereocenters. The zero-order valence-electron chi connectivity index (χ0n) is 16.3. The van der Waals surface area contributed by atoms with E-state index in [-0.39, 0.29) is 5.91 Å². The quantitative estimate of drug-likeness (QED) is 0.738. The second kappa shape index (κ2) is 9.46. The summed E-state index contributed by atoms with van der Waals surface area (Å²) in [5.41, 5.74) is 0.438. The Morgan fingerprint density at radius 1 is 1.27 bits per heavy atom. The van der Waals surface area contributed by atoms with Crippen LogP contribution in [-0.2, 0) is 0 Å². The monoisotopic (exact) mass is 362 g/mol. The molecular weight excluding hydrogens is 328 g/mol. The van der Waals surface area contributed by atoms with E-state index in [1.54, 1.807) is 0 Å². The largest absolute Gasteiger partial charge is 0.349 e. The molecule has 0 bridgehead atoms. The third kappa shape index (κ3) is 4.62. The summed E-state index contributed by atoms with van der Waals surface area (Å²) in [7, 11) is 0. The predicted molar refractivity (Wildman–Crippen MR) is 102 cm³/mol. The standard InChI is InChI=1S/C19H34N6O/c1-3-15(4-2)18(24-11-5-6-12-24)13-21-19(26)17-14-25(23-22-17)16-7-9-20-10-8-16/h14-16,18,20H,3-13H2,1-2H3,(H,21,26). The van der Waals surface area contributed by atoms with Crippen LogP contribution < -0.4 is 10.6 Å². The van der Waals surface area contributed by atoms with Crippen molar-refractivity contribution in [2.24, 2.45) is 5.92 Å². The van der Waals surface area contributed by atoms with Gasteiger partial charge in [0.05, 0.1) is 12.2 Å². The summed E-state index contributed by atoms with van der Waals surface area (Å²) in [6.07, 6.45) is 8.74. The molecule has 0 aliphatic carbocycles. The Hall–Kier alpha value is -1.47. The molecule has 1 aromatic rings. The van der Waals surface area contributed by atoms with Gasteiger partial charge in [-0.25, -0.2) is 4.68 Å². The highest BCUT2D eigenvalue weighted by atomic mass is 16.2. The number of rotatable bonds is 8. The van der Waals surface area contributed by atoms with Gasteiger partial charge in [-0.15, -0.1) is 5.10 Å². The van der Waals surface area contributed by atoms with Gasteiger partial charge in [0.1, 0.15) is 0 Å². The molecule has 0 spiro atoms. The van der Waals surface area contributed by atoms with Crippen LogP contribution in [-0.4, -0.2) is 64.6 Å². The van der Waals surface area contributed by atoms with E-state index < -0.39 is 0 Å². The highest BCUT2D eigenvalue weighted by Gasteiger charge is 2.28. The summed E-state index contributed by atoms with van der Waals surface area (Å²) < 4.78 is 1.87. The molecule has 1 aromatic heterocycles. The first-order valence-electron chi connectivity index (χ1n) is 10.4. The number of hydrogen-bond donors (Lipinski definition) is 2. The number of carbonyl (C=O) groups is 1. The van der Waals surface area contributed by atoms with Crippen molar-refractivity contribution in [3.63, 3.8) is 0 Å². The molecule has 1 amide bonds. The number of aromatic nitrogens is 3. The lowest BCUT2D eigenvalue weighted by Gasteiger charge is -2.33. The molecule has 2 saturated heterocycles. The Kier molecular flexibility index (Phi) is 7.02. The first kappa shape index (κ1) is 19.3. The van der Waals surface area contributed by atoms with Crippen molar-refractivity contribution in [1.82, 2.24) is 30.5 Å². The Morgan fingerprint density at radius 3 is 2.62 bits per heavy atom. The average molecular weight is 363 g/mol. The van der Waals surface area contributed by atoms with Gasteiger partial charge in [0.25, 0.3) is 5.91 Å².